The number of fused-ring (bicyclic) bond motifs is 1. The molecule has 0 spiro atoms. The van der Waals surface area contributed by atoms with Gasteiger partial charge >= 0.3 is 0 Å². The molecular weight excluding hydrogens is 564 g/mol. The Morgan fingerprint density at radius 1 is 0.976 bits per heavy atom. The van der Waals surface area contributed by atoms with Gasteiger partial charge in [0.05, 0.1) is 22.2 Å². The largest absolute Gasteiger partial charge is 0.496 e. The van der Waals surface area contributed by atoms with Gasteiger partial charge in [-0.1, -0.05) is 17.7 Å². The molecule has 0 unspecified atom stereocenters. The van der Waals surface area contributed by atoms with Crippen LogP contribution in [0.4, 0.5) is 8.78 Å². The van der Waals surface area contributed by atoms with Gasteiger partial charge in [-0.3, -0.25) is 9.78 Å². The van der Waals surface area contributed by atoms with Crippen LogP contribution in [-0.2, 0) is 6.54 Å². The molecule has 5 nitrogen and oxygen atoms in total. The summed E-state index contributed by atoms with van der Waals surface area (Å²) in [5.41, 5.74) is 4.70. The molecule has 1 aliphatic rings. The smallest absolute Gasteiger partial charge is 0.266 e. The van der Waals surface area contributed by atoms with Crippen molar-refractivity contribution in [1.82, 2.24) is 14.8 Å². The van der Waals surface area contributed by atoms with E-state index in [1.165, 1.54) is 0 Å². The number of rotatable bonds is 7. The summed E-state index contributed by atoms with van der Waals surface area (Å²) in [5, 5.41) is -0.0817. The van der Waals surface area contributed by atoms with Crippen LogP contribution < -0.4 is 4.74 Å². The van der Waals surface area contributed by atoms with Crippen molar-refractivity contribution in [2.24, 2.45) is 0 Å². The fraction of sp³-hybridized carbons (Fsp3) is 0.375. The molecule has 1 aliphatic carbocycles. The minimum absolute atomic E-state index is 0.0394. The Morgan fingerprint density at radius 3 is 2.22 bits per heavy atom. The minimum atomic E-state index is -0.642. The third-order valence-corrected chi connectivity index (χ3v) is 9.69. The molecule has 0 bridgehead atoms. The molecule has 0 N–H and O–H groups in total. The minimum Gasteiger partial charge on any atom is -0.496 e. The summed E-state index contributed by atoms with van der Waals surface area (Å²) in [5.74, 6) is -0.901. The Kier molecular flexibility index (Phi) is 8.64. The highest BCUT2D eigenvalue weighted by Crippen LogP contribution is 2.41. The van der Waals surface area contributed by atoms with E-state index in [0.717, 1.165) is 77.2 Å². The first-order chi connectivity index (χ1) is 19.6. The van der Waals surface area contributed by atoms with E-state index in [1.54, 1.807) is 7.11 Å². The summed E-state index contributed by atoms with van der Waals surface area (Å²) < 4.78 is 35.1. The average Bonchev–Trinajstić information content (AvgIpc) is 3.31. The summed E-state index contributed by atoms with van der Waals surface area (Å²) in [6.45, 7) is 4.20. The molecule has 5 rings (SSSR count). The van der Waals surface area contributed by atoms with Gasteiger partial charge in [-0.25, -0.2) is 8.78 Å². The number of ether oxygens (including phenoxy) is 1. The van der Waals surface area contributed by atoms with Crippen molar-refractivity contribution in [3.63, 3.8) is 0 Å². The van der Waals surface area contributed by atoms with Gasteiger partial charge in [-0.05, 0) is 101 Å². The molecule has 0 radical (unpaired) electrons. The number of thiophene rings is 1. The van der Waals surface area contributed by atoms with Crippen LogP contribution in [0.3, 0.4) is 0 Å². The van der Waals surface area contributed by atoms with Gasteiger partial charge in [-0.2, -0.15) is 0 Å². The molecular formula is C32H34ClF2N3O2S. The topological polar surface area (TPSA) is 45.7 Å². The number of hydrogen-bond donors (Lipinski definition) is 0. The molecule has 1 saturated carbocycles. The summed E-state index contributed by atoms with van der Waals surface area (Å²) in [7, 11) is 5.77. The van der Waals surface area contributed by atoms with Crippen LogP contribution in [0.5, 0.6) is 5.75 Å². The normalized spacial score (nSPS) is 17.3. The van der Waals surface area contributed by atoms with Gasteiger partial charge in [0.15, 0.2) is 0 Å². The quantitative estimate of drug-likeness (QED) is 0.216. The van der Waals surface area contributed by atoms with E-state index in [-0.39, 0.29) is 38.5 Å². The average molecular weight is 598 g/mol. The third kappa shape index (κ3) is 5.96. The summed E-state index contributed by atoms with van der Waals surface area (Å²) in [6, 6.07) is 12.5. The molecule has 0 atom stereocenters. The first-order valence-electron chi connectivity index (χ1n) is 13.7. The highest BCUT2D eigenvalue weighted by atomic mass is 35.5. The third-order valence-electron chi connectivity index (χ3n) is 8.01. The van der Waals surface area contributed by atoms with Crippen molar-refractivity contribution in [2.45, 2.75) is 58.2 Å². The number of carbonyl (C=O) groups excluding carboxylic acids is 1. The lowest BCUT2D eigenvalue weighted by Gasteiger charge is -2.39. The zero-order chi connectivity index (χ0) is 29.4. The van der Waals surface area contributed by atoms with Gasteiger partial charge in [0.25, 0.3) is 5.91 Å². The molecule has 1 amide bonds. The van der Waals surface area contributed by atoms with Gasteiger partial charge in [0.2, 0.25) is 0 Å². The molecule has 41 heavy (non-hydrogen) atoms. The molecule has 9 heteroatoms. The molecule has 1 fully saturated rings. The standard InChI is InChI=1S/C32H34ClF2N3O2S/c1-18-14-21(15-19(2)36-18)20-6-13-27(40-5)22(16-20)17-38(24-9-7-23(8-10-24)37(3)4)32(39)31-29(33)28-25(34)11-12-26(35)30(28)41-31/h6,11-16,23-24H,7-10,17H2,1-5H3. The van der Waals surface area contributed by atoms with Crippen LogP contribution in [0.1, 0.15) is 52.3 Å². The molecule has 0 aliphatic heterocycles. The number of pyridine rings is 1. The second kappa shape index (κ2) is 12.0. The van der Waals surface area contributed by atoms with E-state index in [1.807, 2.05) is 49.1 Å². The number of amides is 1. The second-order valence-electron chi connectivity index (χ2n) is 11.0. The van der Waals surface area contributed by atoms with Crippen LogP contribution >= 0.6 is 22.9 Å². The van der Waals surface area contributed by atoms with E-state index >= 15 is 0 Å². The maximum Gasteiger partial charge on any atom is 0.266 e. The first kappa shape index (κ1) is 29.4. The zero-order valence-corrected chi connectivity index (χ0v) is 25.5. The van der Waals surface area contributed by atoms with E-state index < -0.39 is 11.6 Å². The maximum atomic E-state index is 14.7. The van der Waals surface area contributed by atoms with E-state index in [9.17, 15) is 13.6 Å². The van der Waals surface area contributed by atoms with Crippen molar-refractivity contribution >= 4 is 38.9 Å². The van der Waals surface area contributed by atoms with Crippen LogP contribution in [0.15, 0.2) is 42.5 Å². The predicted octanol–water partition coefficient (Wildman–Crippen LogP) is 8.04. The Bertz CT molecular complexity index is 1580. The maximum absolute atomic E-state index is 14.7. The van der Waals surface area contributed by atoms with Crippen LogP contribution in [-0.4, -0.2) is 54.0 Å². The zero-order valence-electron chi connectivity index (χ0n) is 23.9. The second-order valence-corrected chi connectivity index (χ2v) is 12.4. The molecule has 2 heterocycles. The molecule has 0 saturated heterocycles. The summed E-state index contributed by atoms with van der Waals surface area (Å²) >= 11 is 7.50. The number of aromatic nitrogens is 1. The number of benzene rings is 2. The van der Waals surface area contributed by atoms with Crippen molar-refractivity contribution < 1.29 is 18.3 Å². The van der Waals surface area contributed by atoms with Crippen molar-refractivity contribution in [3.05, 3.63) is 81.0 Å². The van der Waals surface area contributed by atoms with Crippen LogP contribution in [0.2, 0.25) is 5.02 Å². The molecule has 2 aromatic heterocycles. The number of halogens is 3. The summed E-state index contributed by atoms with van der Waals surface area (Å²) in [4.78, 5) is 23.0. The fourth-order valence-corrected chi connectivity index (χ4v) is 7.39. The Labute approximate surface area is 248 Å². The van der Waals surface area contributed by atoms with Gasteiger partial charge in [-0.15, -0.1) is 11.3 Å². The molecule has 216 valence electrons. The molecule has 4 aromatic rings. The lowest BCUT2D eigenvalue weighted by atomic mass is 9.89. The molecule has 2 aromatic carbocycles. The number of aryl methyl sites for hydroxylation is 2. The van der Waals surface area contributed by atoms with Crippen LogP contribution in [0, 0.1) is 25.5 Å². The van der Waals surface area contributed by atoms with Crippen molar-refractivity contribution in [3.8, 4) is 16.9 Å². The number of carbonyl (C=O) groups is 1. The number of hydrogen-bond acceptors (Lipinski definition) is 5. The van der Waals surface area contributed by atoms with E-state index in [4.69, 9.17) is 16.3 Å². The fourth-order valence-electron chi connectivity index (χ4n) is 5.89. The highest BCUT2D eigenvalue weighted by Gasteiger charge is 2.33. The van der Waals surface area contributed by atoms with Crippen LogP contribution in [0.25, 0.3) is 21.2 Å². The van der Waals surface area contributed by atoms with E-state index in [2.05, 4.69) is 24.0 Å². The SMILES string of the molecule is COc1ccc(-c2cc(C)nc(C)c2)cc1CN(C(=O)c1sc2c(F)ccc(F)c2c1Cl)C1CCC(N(C)C)CC1. The van der Waals surface area contributed by atoms with E-state index in [0.29, 0.717) is 11.8 Å². The predicted molar refractivity (Wildman–Crippen MR) is 162 cm³/mol. The van der Waals surface area contributed by atoms with Gasteiger partial charge in [0.1, 0.15) is 22.3 Å². The van der Waals surface area contributed by atoms with Crippen molar-refractivity contribution in [1.29, 1.82) is 0 Å². The monoisotopic (exact) mass is 597 g/mol. The van der Waals surface area contributed by atoms with Crippen molar-refractivity contribution in [2.75, 3.05) is 21.2 Å². The number of methoxy groups -OCH3 is 1. The van der Waals surface area contributed by atoms with Gasteiger partial charge < -0.3 is 14.5 Å². The Morgan fingerprint density at radius 2 is 1.61 bits per heavy atom. The summed E-state index contributed by atoms with van der Waals surface area (Å²) in [6.07, 6.45) is 3.50. The first-order valence-corrected chi connectivity index (χ1v) is 14.9. The highest BCUT2D eigenvalue weighted by molar-refractivity contribution is 7.21. The Hall–Kier alpha value is -3.07. The number of nitrogens with zero attached hydrogens (tertiary/aromatic N) is 3. The Balaban J connectivity index is 1.57. The lowest BCUT2D eigenvalue weighted by Crippen LogP contribution is -2.44. The van der Waals surface area contributed by atoms with Gasteiger partial charge in [0, 0.05) is 35.6 Å². The lowest BCUT2D eigenvalue weighted by molar-refractivity contribution is 0.0573.